The van der Waals surface area contributed by atoms with Gasteiger partial charge in [0.15, 0.2) is 0 Å². The zero-order valence-corrected chi connectivity index (χ0v) is 42.2. The SMILES string of the molecule is C.CC1(C)C(=O)N(I)C(=O)N1I.CCOC(C)=O.O=S(=O)(Nc1cc(F)c(Cl)cc1I)c1ccccc1.O=S(=O)(Nc1ccc(Cl)c(F)c1)c1ccccc1.O=S(=O)(O)C(F)(F)F. The van der Waals surface area contributed by atoms with Gasteiger partial charge in [-0.2, -0.15) is 24.7 Å². The van der Waals surface area contributed by atoms with E-state index in [-0.39, 0.29) is 56.5 Å². The normalized spacial score (nSPS) is 13.2. The Morgan fingerprint density at radius 1 is 0.794 bits per heavy atom. The van der Waals surface area contributed by atoms with Gasteiger partial charge in [-0.25, -0.2) is 30.4 Å². The fourth-order valence-electron chi connectivity index (χ4n) is 3.71. The Morgan fingerprint density at radius 3 is 1.54 bits per heavy atom. The monoisotopic (exact) mass is 1330 g/mol. The molecule has 5 rings (SSSR count). The van der Waals surface area contributed by atoms with Gasteiger partial charge in [-0.15, -0.1) is 0 Å². The molecule has 3 amide bonds. The number of benzene rings is 4. The van der Waals surface area contributed by atoms with E-state index >= 15 is 0 Å². The van der Waals surface area contributed by atoms with E-state index in [0.29, 0.717) is 10.2 Å². The van der Waals surface area contributed by atoms with Crippen LogP contribution >= 0.6 is 91.5 Å². The number of rotatable bonds is 7. The summed E-state index contributed by atoms with van der Waals surface area (Å²) in [5.74, 6) is -1.73. The van der Waals surface area contributed by atoms with Crippen LogP contribution < -0.4 is 9.44 Å². The van der Waals surface area contributed by atoms with Crippen LogP contribution in [0.2, 0.25) is 10.0 Å². The van der Waals surface area contributed by atoms with Crippen LogP contribution in [0.25, 0.3) is 0 Å². The number of hydrogen-bond acceptors (Lipinski definition) is 10. The number of nitrogens with zero attached hydrogens (tertiary/aromatic N) is 2. The van der Waals surface area contributed by atoms with Crippen LogP contribution in [0.15, 0.2) is 101 Å². The number of urea groups is 1. The molecule has 0 aliphatic carbocycles. The smallest absolute Gasteiger partial charge is 0.466 e. The highest BCUT2D eigenvalue weighted by Gasteiger charge is 2.50. The Hall–Kier alpha value is -2.88. The molecule has 1 saturated heterocycles. The molecule has 0 spiro atoms. The van der Waals surface area contributed by atoms with E-state index in [1.54, 1.807) is 80.0 Å². The second-order valence-electron chi connectivity index (χ2n) is 11.8. The van der Waals surface area contributed by atoms with Crippen molar-refractivity contribution in [3.63, 3.8) is 0 Å². The molecule has 0 bridgehead atoms. The highest BCUT2D eigenvalue weighted by atomic mass is 127. The standard InChI is InChI=1S/C12H8ClFINO2S.C12H9ClFNO2S.C5H6I2N2O2.C4H8O2.CHF3O3S.CH4/c13-9-6-11(15)12(7-10(9)14)16-19(17,18)8-4-2-1-3-5-8;13-11-7-6-9(8-12(11)14)15-18(16,17)10-4-2-1-3-5-10;1-5(2)3(10)8(6)4(11)9(5)7;1-3-6-4(2)5;2-1(3,4)8(5,6)7;/h1-7,16H;1-8,15H;1-2H3;3H2,1-2H3;(H,5,6,7);1H4. The maximum atomic E-state index is 13.4. The lowest BCUT2D eigenvalue weighted by atomic mass is 10.1. The molecule has 0 saturated carbocycles. The number of esters is 1. The van der Waals surface area contributed by atoms with Gasteiger partial charge in [-0.3, -0.25) is 26.7 Å². The molecule has 0 aromatic heterocycles. The van der Waals surface area contributed by atoms with Crippen LogP contribution in [-0.2, 0) is 44.5 Å². The second-order valence-corrected chi connectivity index (χ2v) is 20.5. The van der Waals surface area contributed by atoms with E-state index in [4.69, 9.17) is 36.2 Å². The van der Waals surface area contributed by atoms with Crippen molar-refractivity contribution < 1.29 is 70.9 Å². The number of sulfonamides is 2. The topological polar surface area (TPSA) is 214 Å². The molecule has 63 heavy (non-hydrogen) atoms. The minimum atomic E-state index is -5.84. The first-order chi connectivity index (χ1) is 28.3. The number of carbonyl (C=O) groups is 3. The number of anilines is 2. The fourth-order valence-corrected chi connectivity index (χ4v) is 8.76. The van der Waals surface area contributed by atoms with Gasteiger partial charge >= 0.3 is 27.6 Å². The maximum absolute atomic E-state index is 13.4. The molecule has 1 aliphatic heterocycles. The number of imide groups is 1. The molecule has 4 aromatic carbocycles. The molecule has 15 nitrogen and oxygen atoms in total. The van der Waals surface area contributed by atoms with Crippen molar-refractivity contribution in [1.29, 1.82) is 0 Å². The van der Waals surface area contributed by atoms with Gasteiger partial charge in [0.2, 0.25) is 0 Å². The van der Waals surface area contributed by atoms with E-state index in [0.717, 1.165) is 15.2 Å². The first-order valence-corrected chi connectivity index (χ1v) is 24.4. The predicted octanol–water partition coefficient (Wildman–Crippen LogP) is 10.5. The molecule has 4 aromatic rings. The highest BCUT2D eigenvalue weighted by molar-refractivity contribution is 14.1. The zero-order valence-electron chi connectivity index (χ0n) is 31.8. The highest BCUT2D eigenvalue weighted by Crippen LogP contribution is 2.33. The van der Waals surface area contributed by atoms with Crippen LogP contribution in [0.4, 0.5) is 38.1 Å². The van der Waals surface area contributed by atoms with Gasteiger partial charge in [0.05, 0.1) is 83.5 Å². The molecule has 0 unspecified atom stereocenters. The van der Waals surface area contributed by atoms with Crippen molar-refractivity contribution in [1.82, 2.24) is 6.23 Å². The summed E-state index contributed by atoms with van der Waals surface area (Å²) in [7, 11) is -13.3. The Morgan fingerprint density at radius 2 is 1.22 bits per heavy atom. The first kappa shape index (κ1) is 60.1. The third kappa shape index (κ3) is 19.2. The van der Waals surface area contributed by atoms with Crippen LogP contribution in [0.1, 0.15) is 35.1 Å². The lowest BCUT2D eigenvalue weighted by Crippen LogP contribution is -2.37. The summed E-state index contributed by atoms with van der Waals surface area (Å²) < 4.78 is 144. The van der Waals surface area contributed by atoms with Gasteiger partial charge in [0, 0.05) is 16.6 Å². The number of carbonyl (C=O) groups excluding carboxylic acids is 3. The molecule has 1 heterocycles. The number of amides is 3. The van der Waals surface area contributed by atoms with Crippen LogP contribution in [0, 0.1) is 15.2 Å². The Bertz CT molecular complexity index is 2540. The van der Waals surface area contributed by atoms with E-state index in [9.17, 15) is 53.2 Å². The summed E-state index contributed by atoms with van der Waals surface area (Å²) in [6.07, 6.45) is 0. The average Bonchev–Trinajstić information content (AvgIpc) is 3.30. The van der Waals surface area contributed by atoms with Crippen LogP contribution in [-0.4, -0.2) is 71.6 Å². The quantitative estimate of drug-likeness (QED) is 0.0231. The second kappa shape index (κ2) is 25.7. The molecule has 0 atom stereocenters. The molecule has 350 valence electrons. The molecule has 1 aliphatic rings. The third-order valence-corrected chi connectivity index (χ3v) is 14.0. The maximum Gasteiger partial charge on any atom is 0.522 e. The number of alkyl halides is 3. The van der Waals surface area contributed by atoms with Crippen LogP contribution in [0.5, 0.6) is 0 Å². The minimum Gasteiger partial charge on any atom is -0.466 e. The molecule has 28 heteroatoms. The predicted molar refractivity (Wildman–Crippen MR) is 253 cm³/mol. The Balaban J connectivity index is 0.000000808. The van der Waals surface area contributed by atoms with E-state index in [2.05, 4.69) is 14.2 Å². The van der Waals surface area contributed by atoms with Crippen molar-refractivity contribution >= 4 is 151 Å². The summed E-state index contributed by atoms with van der Waals surface area (Å²) in [5.41, 5.74) is -5.95. The summed E-state index contributed by atoms with van der Waals surface area (Å²) in [4.78, 5) is 32.5. The van der Waals surface area contributed by atoms with Gasteiger partial charge in [0.1, 0.15) is 17.2 Å². The molecule has 3 N–H and O–H groups in total. The van der Waals surface area contributed by atoms with Gasteiger partial charge < -0.3 is 4.74 Å². The fraction of sp³-hybridized carbons (Fsp3) is 0.229. The van der Waals surface area contributed by atoms with Gasteiger partial charge in [-0.05, 0) is 91.9 Å². The van der Waals surface area contributed by atoms with Crippen molar-refractivity contribution in [3.8, 4) is 0 Å². The van der Waals surface area contributed by atoms with Crippen molar-refractivity contribution in [2.24, 2.45) is 0 Å². The van der Waals surface area contributed by atoms with E-state index < -0.39 is 52.8 Å². The zero-order chi connectivity index (χ0) is 48.0. The van der Waals surface area contributed by atoms with Crippen molar-refractivity contribution in [2.45, 2.75) is 56.0 Å². The summed E-state index contributed by atoms with van der Waals surface area (Å²) >= 11 is 16.6. The molecule has 1 fully saturated rings. The van der Waals surface area contributed by atoms with Crippen LogP contribution in [0.3, 0.4) is 0 Å². The van der Waals surface area contributed by atoms with Crippen molar-refractivity contribution in [3.05, 3.63) is 116 Å². The largest absolute Gasteiger partial charge is 0.522 e. The summed E-state index contributed by atoms with van der Waals surface area (Å²) in [6.45, 7) is 7.09. The van der Waals surface area contributed by atoms with Gasteiger partial charge in [-0.1, -0.05) is 67.0 Å². The van der Waals surface area contributed by atoms with Crippen molar-refractivity contribution in [2.75, 3.05) is 16.1 Å². The number of ether oxygens (including phenoxy) is 1. The minimum absolute atomic E-state index is 0. The summed E-state index contributed by atoms with van der Waals surface area (Å²) in [5, 5.41) is -0.107. The molecule has 0 radical (unpaired) electrons. The molecular weight excluding hydrogens is 1300 g/mol. The number of nitrogens with one attached hydrogen (secondary N) is 2. The Labute approximate surface area is 412 Å². The Kier molecular flexibility index (Phi) is 24.5. The molecular formula is C35H36Cl2F5I3N4O11S3. The van der Waals surface area contributed by atoms with E-state index in [1.165, 1.54) is 52.5 Å². The first-order valence-electron chi connectivity index (χ1n) is 16.2. The lowest BCUT2D eigenvalue weighted by molar-refractivity contribution is -0.140. The number of halogens is 10. The lowest BCUT2D eigenvalue weighted by Gasteiger charge is -2.19. The summed E-state index contributed by atoms with van der Waals surface area (Å²) in [6, 6.07) is 21.6. The van der Waals surface area contributed by atoms with E-state index in [1.807, 2.05) is 45.5 Å². The van der Waals surface area contributed by atoms with Gasteiger partial charge in [0.25, 0.3) is 26.0 Å². The average molecular weight is 1330 g/mol. The number of hydrogen-bond donors (Lipinski definition) is 3. The third-order valence-electron chi connectivity index (χ3n) is 6.70.